The Bertz CT molecular complexity index is 408. The van der Waals surface area contributed by atoms with E-state index in [-0.39, 0.29) is 16.0 Å². The Morgan fingerprint density at radius 3 is 2.67 bits per heavy atom. The molecule has 0 N–H and O–H groups in total. The molecule has 0 unspecified atom stereocenters. The van der Waals surface area contributed by atoms with Crippen LogP contribution in [0, 0.1) is 0 Å². The first-order valence-corrected chi connectivity index (χ1v) is 6.50. The lowest BCUT2D eigenvalue weighted by Crippen LogP contribution is -2.57. The number of β-lactam (4-membered cyclic amide) rings is 1. The fourth-order valence-corrected chi connectivity index (χ4v) is 3.83. The number of carbonyl (C=O) groups is 3. The van der Waals surface area contributed by atoms with Crippen molar-refractivity contribution < 1.29 is 23.9 Å². The molecule has 2 heterocycles. The third kappa shape index (κ3) is 2.19. The molecular formula is C11H15NO5S. The highest BCUT2D eigenvalue weighted by atomic mass is 32.2. The molecule has 2 aliphatic rings. The molecule has 2 atom stereocenters. The molecular weight excluding hydrogens is 258 g/mol. The number of ether oxygens (including phenoxy) is 2. The molecule has 6 nitrogen and oxygen atoms in total. The van der Waals surface area contributed by atoms with Crippen molar-refractivity contribution in [3.63, 3.8) is 0 Å². The molecule has 0 aromatic heterocycles. The molecule has 7 heteroatoms. The molecule has 2 aliphatic heterocycles. The summed E-state index contributed by atoms with van der Waals surface area (Å²) >= 11 is 1.59. The van der Waals surface area contributed by atoms with Gasteiger partial charge in [0.25, 0.3) is 0 Å². The quantitative estimate of drug-likeness (QED) is 0.423. The zero-order chi connectivity index (χ0) is 13.5. The number of hydrogen-bond donors (Lipinski definition) is 0. The van der Waals surface area contributed by atoms with E-state index in [0.29, 0.717) is 6.42 Å². The van der Waals surface area contributed by atoms with Crippen LogP contribution in [0.15, 0.2) is 0 Å². The highest BCUT2D eigenvalue weighted by Gasteiger charge is 2.59. The third-order valence-corrected chi connectivity index (χ3v) is 4.51. The van der Waals surface area contributed by atoms with Crippen LogP contribution in [0.3, 0.4) is 0 Å². The summed E-state index contributed by atoms with van der Waals surface area (Å²) in [6, 6.07) is -0.607. The molecule has 0 aliphatic carbocycles. The minimum Gasteiger partial charge on any atom is -0.428 e. The van der Waals surface area contributed by atoms with Gasteiger partial charge in [-0.25, -0.2) is 4.79 Å². The van der Waals surface area contributed by atoms with Gasteiger partial charge in [0.05, 0.1) is 11.8 Å². The second-order valence-electron chi connectivity index (χ2n) is 4.80. The predicted molar refractivity (Wildman–Crippen MR) is 63.4 cm³/mol. The van der Waals surface area contributed by atoms with Gasteiger partial charge in [-0.2, -0.15) is 0 Å². The summed E-state index contributed by atoms with van der Waals surface area (Å²) in [6.07, 6.45) is 0.474. The average Bonchev–Trinajstić information content (AvgIpc) is 2.44. The lowest BCUT2D eigenvalue weighted by atomic mass is 9.98. The smallest absolute Gasteiger partial charge is 0.333 e. The first-order valence-electron chi connectivity index (χ1n) is 5.62. The van der Waals surface area contributed by atoms with Crippen LogP contribution in [-0.4, -0.2) is 45.7 Å². The van der Waals surface area contributed by atoms with Gasteiger partial charge in [-0.1, -0.05) is 0 Å². The van der Waals surface area contributed by atoms with Gasteiger partial charge in [-0.15, -0.1) is 11.8 Å². The molecule has 0 saturated carbocycles. The Labute approximate surface area is 109 Å². The molecule has 2 saturated heterocycles. The highest BCUT2D eigenvalue weighted by Crippen LogP contribution is 2.50. The maximum atomic E-state index is 12.0. The van der Waals surface area contributed by atoms with E-state index in [0.717, 1.165) is 0 Å². The van der Waals surface area contributed by atoms with E-state index in [1.807, 2.05) is 13.8 Å². The monoisotopic (exact) mass is 273 g/mol. The first-order chi connectivity index (χ1) is 8.33. The van der Waals surface area contributed by atoms with Gasteiger partial charge in [-0.3, -0.25) is 9.59 Å². The number of carbonyl (C=O) groups excluding carboxylic acids is 3. The Kier molecular flexibility index (Phi) is 3.27. The lowest BCUT2D eigenvalue weighted by molar-refractivity contribution is -0.174. The molecule has 2 rings (SSSR count). The van der Waals surface area contributed by atoms with Crippen molar-refractivity contribution >= 4 is 29.6 Å². The number of rotatable bonds is 3. The van der Waals surface area contributed by atoms with E-state index in [2.05, 4.69) is 4.74 Å². The number of amides is 1. The van der Waals surface area contributed by atoms with Crippen molar-refractivity contribution in [1.29, 1.82) is 0 Å². The minimum absolute atomic E-state index is 0.0347. The Morgan fingerprint density at radius 1 is 1.44 bits per heavy atom. The van der Waals surface area contributed by atoms with Gasteiger partial charge in [-0.05, 0) is 13.8 Å². The predicted octanol–water partition coefficient (Wildman–Crippen LogP) is 0.503. The molecule has 18 heavy (non-hydrogen) atoms. The molecule has 100 valence electrons. The zero-order valence-corrected chi connectivity index (χ0v) is 11.3. The minimum atomic E-state index is -0.607. The molecule has 0 aromatic carbocycles. The van der Waals surface area contributed by atoms with Crippen LogP contribution in [0.5, 0.6) is 0 Å². The molecule has 0 bridgehead atoms. The number of nitrogens with zero attached hydrogens (tertiary/aromatic N) is 1. The van der Waals surface area contributed by atoms with E-state index in [1.165, 1.54) is 6.92 Å². The highest BCUT2D eigenvalue weighted by molar-refractivity contribution is 8.01. The van der Waals surface area contributed by atoms with Crippen LogP contribution in [0.1, 0.15) is 27.2 Å². The standard InChI is InChI=1S/C11H15NO5S/c1-6(13)16-5-17-10(15)9-11(2,3)18-8-4-7(14)12(8)9/h8-9H,4-5H2,1-3H3/t8-,9+/m1/s1. The number of thioether (sulfide) groups is 1. The molecule has 0 aromatic rings. The Hall–Kier alpha value is -1.24. The van der Waals surface area contributed by atoms with Crippen LogP contribution in [0.2, 0.25) is 0 Å². The van der Waals surface area contributed by atoms with E-state index in [1.54, 1.807) is 16.7 Å². The van der Waals surface area contributed by atoms with Crippen molar-refractivity contribution in [3.05, 3.63) is 0 Å². The fraction of sp³-hybridized carbons (Fsp3) is 0.727. The summed E-state index contributed by atoms with van der Waals surface area (Å²) in [4.78, 5) is 35.6. The second-order valence-corrected chi connectivity index (χ2v) is 6.63. The van der Waals surface area contributed by atoms with E-state index in [4.69, 9.17) is 4.74 Å². The molecule has 2 fully saturated rings. The normalized spacial score (nSPS) is 28.4. The van der Waals surface area contributed by atoms with Gasteiger partial charge in [0.15, 0.2) is 0 Å². The summed E-state index contributed by atoms with van der Waals surface area (Å²) in [5.74, 6) is -1.07. The van der Waals surface area contributed by atoms with Crippen molar-refractivity contribution in [2.24, 2.45) is 0 Å². The summed E-state index contributed by atoms with van der Waals surface area (Å²) in [7, 11) is 0. The SMILES string of the molecule is CC(=O)OCOC(=O)[C@@H]1N2C(=O)C[C@H]2SC1(C)C. The molecule has 0 spiro atoms. The van der Waals surface area contributed by atoms with Crippen molar-refractivity contribution in [2.75, 3.05) is 6.79 Å². The summed E-state index contributed by atoms with van der Waals surface area (Å²) < 4.78 is 9.05. The summed E-state index contributed by atoms with van der Waals surface area (Å²) in [5, 5.41) is 0.0683. The second kappa shape index (κ2) is 4.46. The van der Waals surface area contributed by atoms with Gasteiger partial charge >= 0.3 is 11.9 Å². The summed E-state index contributed by atoms with van der Waals surface area (Å²) in [5.41, 5.74) is 0. The van der Waals surface area contributed by atoms with E-state index in [9.17, 15) is 14.4 Å². The Morgan fingerprint density at radius 2 is 2.11 bits per heavy atom. The van der Waals surface area contributed by atoms with Crippen LogP contribution >= 0.6 is 11.8 Å². The zero-order valence-electron chi connectivity index (χ0n) is 10.5. The van der Waals surface area contributed by atoms with Crippen LogP contribution in [-0.2, 0) is 23.9 Å². The maximum Gasteiger partial charge on any atom is 0.333 e. The summed E-state index contributed by atoms with van der Waals surface area (Å²) in [6.45, 7) is 4.64. The van der Waals surface area contributed by atoms with Crippen LogP contribution in [0.4, 0.5) is 0 Å². The fourth-order valence-electron chi connectivity index (χ4n) is 2.21. The third-order valence-electron chi connectivity index (χ3n) is 3.01. The topological polar surface area (TPSA) is 72.9 Å². The van der Waals surface area contributed by atoms with Gasteiger partial charge in [0, 0.05) is 11.7 Å². The number of fused-ring (bicyclic) bond motifs is 1. The lowest BCUT2D eigenvalue weighted by Gasteiger charge is -2.37. The van der Waals surface area contributed by atoms with E-state index >= 15 is 0 Å². The van der Waals surface area contributed by atoms with Crippen molar-refractivity contribution in [1.82, 2.24) is 4.90 Å². The van der Waals surface area contributed by atoms with Crippen molar-refractivity contribution in [3.8, 4) is 0 Å². The number of esters is 2. The van der Waals surface area contributed by atoms with E-state index < -0.39 is 24.8 Å². The van der Waals surface area contributed by atoms with Crippen LogP contribution in [0.25, 0.3) is 0 Å². The Balaban J connectivity index is 1.99. The number of hydrogen-bond acceptors (Lipinski definition) is 6. The van der Waals surface area contributed by atoms with Gasteiger partial charge < -0.3 is 14.4 Å². The average molecular weight is 273 g/mol. The molecule has 0 radical (unpaired) electrons. The first kappa shape index (κ1) is 13.2. The van der Waals surface area contributed by atoms with Gasteiger partial charge in [0.1, 0.15) is 6.04 Å². The van der Waals surface area contributed by atoms with Crippen molar-refractivity contribution in [2.45, 2.75) is 43.4 Å². The maximum absolute atomic E-state index is 12.0. The van der Waals surface area contributed by atoms with Crippen LogP contribution < -0.4 is 0 Å². The van der Waals surface area contributed by atoms with Gasteiger partial charge in [0.2, 0.25) is 12.7 Å². The molecule has 1 amide bonds. The largest absolute Gasteiger partial charge is 0.428 e.